The summed E-state index contributed by atoms with van der Waals surface area (Å²) in [6, 6.07) is 12.4. The number of hydrogen-bond acceptors (Lipinski definition) is 4. The van der Waals surface area contributed by atoms with Gasteiger partial charge in [0.05, 0.1) is 11.5 Å². The van der Waals surface area contributed by atoms with Crippen LogP contribution < -0.4 is 5.32 Å². The Hall–Kier alpha value is -2.24. The van der Waals surface area contributed by atoms with E-state index in [1.807, 2.05) is 26.1 Å². The molecule has 1 amide bonds. The van der Waals surface area contributed by atoms with Crippen molar-refractivity contribution in [3.8, 4) is 11.1 Å². The smallest absolute Gasteiger partial charge is 0.226 e. The second-order valence-electron chi connectivity index (χ2n) is 7.48. The molecule has 1 saturated heterocycles. The first-order valence-corrected chi connectivity index (χ1v) is 10.1. The number of rotatable bonds is 8. The van der Waals surface area contributed by atoms with Gasteiger partial charge in [0.2, 0.25) is 5.91 Å². The molecule has 0 bridgehead atoms. The van der Waals surface area contributed by atoms with Crippen molar-refractivity contribution in [3.05, 3.63) is 54.4 Å². The Labute approximate surface area is 167 Å². The molecule has 1 fully saturated rings. The average Bonchev–Trinajstić information content (AvgIpc) is 2.74. The van der Waals surface area contributed by atoms with E-state index < -0.39 is 5.41 Å². The molecule has 5 heteroatoms. The van der Waals surface area contributed by atoms with E-state index in [1.165, 1.54) is 5.56 Å². The molecule has 5 nitrogen and oxygen atoms in total. The maximum Gasteiger partial charge on any atom is 0.226 e. The molecule has 2 aromatic rings. The molecule has 28 heavy (non-hydrogen) atoms. The predicted octanol–water partition coefficient (Wildman–Crippen LogP) is 3.63. The van der Waals surface area contributed by atoms with E-state index in [-0.39, 0.29) is 12.0 Å². The predicted molar refractivity (Wildman–Crippen MR) is 110 cm³/mol. The molecular formula is C23H30N2O3. The van der Waals surface area contributed by atoms with E-state index in [0.717, 1.165) is 30.4 Å². The van der Waals surface area contributed by atoms with Crippen LogP contribution in [0, 0.1) is 5.41 Å². The number of hydrogen-bond donors (Lipinski definition) is 1. The fourth-order valence-electron chi connectivity index (χ4n) is 3.75. The fraction of sp³-hybridized carbons (Fsp3) is 0.478. The Balaban J connectivity index is 1.70. The van der Waals surface area contributed by atoms with Gasteiger partial charge in [-0.3, -0.25) is 9.78 Å². The van der Waals surface area contributed by atoms with Crippen LogP contribution >= 0.6 is 0 Å². The molecule has 1 atom stereocenters. The highest BCUT2D eigenvalue weighted by Gasteiger charge is 2.40. The molecule has 1 aliphatic heterocycles. The lowest BCUT2D eigenvalue weighted by atomic mass is 9.74. The summed E-state index contributed by atoms with van der Waals surface area (Å²) < 4.78 is 11.1. The summed E-state index contributed by atoms with van der Waals surface area (Å²) in [7, 11) is 0. The van der Waals surface area contributed by atoms with Crippen LogP contribution in [0.15, 0.2) is 48.8 Å². The number of amides is 1. The molecule has 0 radical (unpaired) electrons. The van der Waals surface area contributed by atoms with Crippen LogP contribution in [-0.2, 0) is 20.7 Å². The van der Waals surface area contributed by atoms with Crippen molar-refractivity contribution in [1.29, 1.82) is 0 Å². The summed E-state index contributed by atoms with van der Waals surface area (Å²) in [4.78, 5) is 17.3. The number of carbonyl (C=O) groups is 1. The highest BCUT2D eigenvalue weighted by atomic mass is 16.5. The molecule has 2 heterocycles. The first kappa shape index (κ1) is 20.5. The van der Waals surface area contributed by atoms with E-state index in [1.54, 1.807) is 6.20 Å². The lowest BCUT2D eigenvalue weighted by Crippen LogP contribution is -2.47. The van der Waals surface area contributed by atoms with Gasteiger partial charge in [-0.25, -0.2) is 0 Å². The second-order valence-corrected chi connectivity index (χ2v) is 7.48. The number of nitrogens with zero attached hydrogens (tertiary/aromatic N) is 1. The van der Waals surface area contributed by atoms with Crippen molar-refractivity contribution >= 4 is 5.91 Å². The van der Waals surface area contributed by atoms with E-state index in [4.69, 9.17) is 9.47 Å². The summed E-state index contributed by atoms with van der Waals surface area (Å²) in [6.07, 6.45) is 5.86. The van der Waals surface area contributed by atoms with Crippen LogP contribution in [0.25, 0.3) is 11.1 Å². The van der Waals surface area contributed by atoms with Gasteiger partial charge >= 0.3 is 0 Å². The zero-order valence-electron chi connectivity index (χ0n) is 16.8. The third-order valence-electron chi connectivity index (χ3n) is 5.42. The third kappa shape index (κ3) is 5.18. The Morgan fingerprint density at radius 3 is 2.61 bits per heavy atom. The molecule has 150 valence electrons. The fourth-order valence-corrected chi connectivity index (χ4v) is 3.75. The highest BCUT2D eigenvalue weighted by Crippen LogP contribution is 2.35. The summed E-state index contributed by atoms with van der Waals surface area (Å²) in [5.74, 6) is 0.110. The molecule has 1 N–H and O–H groups in total. The van der Waals surface area contributed by atoms with Gasteiger partial charge in [0.1, 0.15) is 0 Å². The van der Waals surface area contributed by atoms with Crippen LogP contribution in [0.1, 0.15) is 32.3 Å². The van der Waals surface area contributed by atoms with Crippen LogP contribution in [-0.4, -0.2) is 43.4 Å². The number of ether oxygens (including phenoxy) is 2. The Bertz CT molecular complexity index is 740. The first-order valence-electron chi connectivity index (χ1n) is 10.1. The standard InChI is InChI=1S/C23H30N2O3/c1-3-28-18(2)16-25-22(26)23(10-13-27-14-11-23)15-19-6-8-20(9-7-19)21-5-4-12-24-17-21/h4-9,12,17-18H,3,10-11,13-16H2,1-2H3,(H,25,26)/t18-/m1/s1. The first-order chi connectivity index (χ1) is 13.6. The molecule has 0 saturated carbocycles. The minimum atomic E-state index is -0.417. The van der Waals surface area contributed by atoms with E-state index in [2.05, 4.69) is 40.6 Å². The average molecular weight is 383 g/mol. The monoisotopic (exact) mass is 382 g/mol. The number of nitrogens with one attached hydrogen (secondary N) is 1. The lowest BCUT2D eigenvalue weighted by molar-refractivity contribution is -0.137. The van der Waals surface area contributed by atoms with Gasteiger partial charge in [0.25, 0.3) is 0 Å². The Kier molecular flexibility index (Phi) is 7.18. The van der Waals surface area contributed by atoms with Crippen molar-refractivity contribution in [2.45, 2.75) is 39.2 Å². The quantitative estimate of drug-likeness (QED) is 0.757. The molecule has 0 aliphatic carbocycles. The summed E-state index contributed by atoms with van der Waals surface area (Å²) in [5.41, 5.74) is 2.98. The molecule has 1 aliphatic rings. The number of aromatic nitrogens is 1. The normalized spacial score (nSPS) is 17.1. The largest absolute Gasteiger partial charge is 0.381 e. The number of pyridine rings is 1. The van der Waals surface area contributed by atoms with Crippen molar-refractivity contribution in [1.82, 2.24) is 10.3 Å². The number of benzene rings is 1. The van der Waals surface area contributed by atoms with Gasteiger partial charge < -0.3 is 14.8 Å². The maximum absolute atomic E-state index is 13.1. The molecule has 1 aromatic carbocycles. The van der Waals surface area contributed by atoms with Crippen LogP contribution in [0.2, 0.25) is 0 Å². The van der Waals surface area contributed by atoms with Gasteiger partial charge in [-0.15, -0.1) is 0 Å². The van der Waals surface area contributed by atoms with Crippen molar-refractivity contribution in [2.24, 2.45) is 5.41 Å². The highest BCUT2D eigenvalue weighted by molar-refractivity contribution is 5.83. The van der Waals surface area contributed by atoms with Gasteiger partial charge in [-0.05, 0) is 55.9 Å². The molecule has 3 rings (SSSR count). The van der Waals surface area contributed by atoms with Gasteiger partial charge in [0.15, 0.2) is 0 Å². The SMILES string of the molecule is CCO[C@H](C)CNC(=O)C1(Cc2ccc(-c3cccnc3)cc2)CCOCC1. The zero-order valence-corrected chi connectivity index (χ0v) is 16.8. The van der Waals surface area contributed by atoms with Crippen LogP contribution in [0.4, 0.5) is 0 Å². The minimum Gasteiger partial charge on any atom is -0.381 e. The van der Waals surface area contributed by atoms with Crippen molar-refractivity contribution in [3.63, 3.8) is 0 Å². The van der Waals surface area contributed by atoms with Gasteiger partial charge in [-0.1, -0.05) is 30.3 Å². The molecule has 0 unspecified atom stereocenters. The van der Waals surface area contributed by atoms with Crippen LogP contribution in [0.5, 0.6) is 0 Å². The summed E-state index contributed by atoms with van der Waals surface area (Å²) in [6.45, 7) is 6.39. The van der Waals surface area contributed by atoms with E-state index in [9.17, 15) is 4.79 Å². The van der Waals surface area contributed by atoms with Crippen molar-refractivity contribution < 1.29 is 14.3 Å². The molecule has 1 aromatic heterocycles. The minimum absolute atomic E-state index is 0.0182. The van der Waals surface area contributed by atoms with Gasteiger partial charge in [0, 0.05) is 38.8 Å². The van der Waals surface area contributed by atoms with Crippen molar-refractivity contribution in [2.75, 3.05) is 26.4 Å². The second kappa shape index (κ2) is 9.80. The number of carbonyl (C=O) groups excluding carboxylic acids is 1. The third-order valence-corrected chi connectivity index (χ3v) is 5.42. The topological polar surface area (TPSA) is 60.5 Å². The molecular weight excluding hydrogens is 352 g/mol. The van der Waals surface area contributed by atoms with Gasteiger partial charge in [-0.2, -0.15) is 0 Å². The van der Waals surface area contributed by atoms with E-state index in [0.29, 0.717) is 26.4 Å². The lowest BCUT2D eigenvalue weighted by Gasteiger charge is -2.36. The Morgan fingerprint density at radius 1 is 1.21 bits per heavy atom. The van der Waals surface area contributed by atoms with Crippen LogP contribution in [0.3, 0.4) is 0 Å². The summed E-state index contributed by atoms with van der Waals surface area (Å²) in [5, 5.41) is 3.11. The Morgan fingerprint density at radius 2 is 1.96 bits per heavy atom. The zero-order chi connectivity index (χ0) is 19.8. The maximum atomic E-state index is 13.1. The summed E-state index contributed by atoms with van der Waals surface area (Å²) >= 11 is 0. The molecule has 0 spiro atoms. The van der Waals surface area contributed by atoms with E-state index >= 15 is 0 Å².